The minimum absolute atomic E-state index is 0.00891. The Morgan fingerprint density at radius 3 is 2.72 bits per heavy atom. The third-order valence-electron chi connectivity index (χ3n) is 4.66. The first-order valence-corrected chi connectivity index (χ1v) is 9.44. The van der Waals surface area contributed by atoms with Crippen molar-refractivity contribution in [2.45, 2.75) is 71.8 Å². The maximum absolute atomic E-state index is 12.0. The molecular formula is C20H30O5. The maximum atomic E-state index is 12.0. The fraction of sp³-hybridized carbons (Fsp3) is 0.700. The molecule has 0 unspecified atom stereocenters. The standard InChI is InChI=1S/C20H30O5/c1-15(2)10-11-23-19-14-24-17(12-18(19)21)13-25-20(22)9-8-16-6-4-3-5-7-16/h12,14-16H,3-11,13H2,1-2H3. The van der Waals surface area contributed by atoms with Gasteiger partial charge in [0.05, 0.1) is 6.61 Å². The van der Waals surface area contributed by atoms with Crippen LogP contribution < -0.4 is 10.2 Å². The highest BCUT2D eigenvalue weighted by Crippen LogP contribution is 2.27. The molecule has 0 radical (unpaired) electrons. The summed E-state index contributed by atoms with van der Waals surface area (Å²) in [6, 6.07) is 1.33. The van der Waals surface area contributed by atoms with Gasteiger partial charge in [0.25, 0.3) is 0 Å². The highest BCUT2D eigenvalue weighted by Gasteiger charge is 2.15. The van der Waals surface area contributed by atoms with E-state index in [9.17, 15) is 9.59 Å². The van der Waals surface area contributed by atoms with Crippen molar-refractivity contribution in [3.05, 3.63) is 28.3 Å². The summed E-state index contributed by atoms with van der Waals surface area (Å²) < 4.78 is 16.0. The molecule has 0 amide bonds. The number of ether oxygens (including phenoxy) is 2. The van der Waals surface area contributed by atoms with Crippen LogP contribution in [0.4, 0.5) is 0 Å². The molecule has 5 nitrogen and oxygen atoms in total. The van der Waals surface area contributed by atoms with Crippen LogP contribution in [0.5, 0.6) is 5.75 Å². The van der Waals surface area contributed by atoms with Crippen LogP contribution in [0.15, 0.2) is 21.5 Å². The Hall–Kier alpha value is -1.78. The molecule has 1 fully saturated rings. The number of hydrogen-bond acceptors (Lipinski definition) is 5. The zero-order valence-electron chi connectivity index (χ0n) is 15.4. The van der Waals surface area contributed by atoms with Gasteiger partial charge in [-0.25, -0.2) is 0 Å². The van der Waals surface area contributed by atoms with E-state index < -0.39 is 0 Å². The van der Waals surface area contributed by atoms with Gasteiger partial charge in [-0.3, -0.25) is 9.59 Å². The average Bonchev–Trinajstić information content (AvgIpc) is 2.60. The van der Waals surface area contributed by atoms with Gasteiger partial charge in [0.15, 0.2) is 0 Å². The highest BCUT2D eigenvalue weighted by atomic mass is 16.5. The van der Waals surface area contributed by atoms with Crippen molar-refractivity contribution in [3.8, 4) is 5.75 Å². The van der Waals surface area contributed by atoms with Crippen molar-refractivity contribution in [2.75, 3.05) is 6.61 Å². The van der Waals surface area contributed by atoms with Gasteiger partial charge in [0.2, 0.25) is 11.2 Å². The number of esters is 1. The molecule has 1 aromatic heterocycles. The van der Waals surface area contributed by atoms with Gasteiger partial charge in [0, 0.05) is 12.5 Å². The van der Waals surface area contributed by atoms with E-state index in [0.717, 1.165) is 12.8 Å². The summed E-state index contributed by atoms with van der Waals surface area (Å²) in [4.78, 5) is 23.8. The normalized spacial score (nSPS) is 15.3. The van der Waals surface area contributed by atoms with Gasteiger partial charge < -0.3 is 13.9 Å². The molecule has 0 N–H and O–H groups in total. The molecule has 1 aliphatic carbocycles. The Labute approximate surface area is 149 Å². The van der Waals surface area contributed by atoms with Crippen molar-refractivity contribution in [1.82, 2.24) is 0 Å². The van der Waals surface area contributed by atoms with E-state index in [1.807, 2.05) is 0 Å². The monoisotopic (exact) mass is 350 g/mol. The zero-order chi connectivity index (χ0) is 18.1. The van der Waals surface area contributed by atoms with Gasteiger partial charge in [-0.1, -0.05) is 46.0 Å². The van der Waals surface area contributed by atoms with Gasteiger partial charge in [-0.05, 0) is 24.7 Å². The first-order chi connectivity index (χ1) is 12.0. The number of rotatable bonds is 9. The number of hydrogen-bond donors (Lipinski definition) is 0. The molecule has 1 heterocycles. The average molecular weight is 350 g/mol. The van der Waals surface area contributed by atoms with E-state index in [0.29, 0.717) is 30.6 Å². The number of carbonyl (C=O) groups excluding carboxylic acids is 1. The first-order valence-electron chi connectivity index (χ1n) is 9.44. The molecule has 0 saturated heterocycles. The van der Waals surface area contributed by atoms with Crippen LogP contribution in [-0.4, -0.2) is 12.6 Å². The summed E-state index contributed by atoms with van der Waals surface area (Å²) in [5.74, 6) is 1.48. The Morgan fingerprint density at radius 1 is 1.28 bits per heavy atom. The van der Waals surface area contributed by atoms with Gasteiger partial charge in [-0.15, -0.1) is 0 Å². The fourth-order valence-electron chi connectivity index (χ4n) is 3.05. The summed E-state index contributed by atoms with van der Waals surface area (Å²) in [5, 5.41) is 0. The molecule has 1 aromatic rings. The smallest absolute Gasteiger partial charge is 0.306 e. The Balaban J connectivity index is 1.71. The zero-order valence-corrected chi connectivity index (χ0v) is 15.4. The molecule has 1 saturated carbocycles. The summed E-state index contributed by atoms with van der Waals surface area (Å²) in [6.45, 7) is 4.66. The van der Waals surface area contributed by atoms with E-state index >= 15 is 0 Å². The van der Waals surface area contributed by atoms with Crippen molar-refractivity contribution < 1.29 is 18.7 Å². The fourth-order valence-corrected chi connectivity index (χ4v) is 3.05. The maximum Gasteiger partial charge on any atom is 0.306 e. The van der Waals surface area contributed by atoms with Crippen molar-refractivity contribution in [1.29, 1.82) is 0 Å². The van der Waals surface area contributed by atoms with Gasteiger partial charge in [0.1, 0.15) is 18.6 Å². The molecule has 0 spiro atoms. The summed E-state index contributed by atoms with van der Waals surface area (Å²) in [6.07, 6.45) is 9.81. The minimum Gasteiger partial charge on any atom is -0.487 e. The third kappa shape index (κ3) is 7.32. The topological polar surface area (TPSA) is 65.7 Å². The molecular weight excluding hydrogens is 320 g/mol. The lowest BCUT2D eigenvalue weighted by Crippen LogP contribution is -2.12. The predicted octanol–water partition coefficient (Wildman–Crippen LogP) is 4.47. The van der Waals surface area contributed by atoms with Gasteiger partial charge in [-0.2, -0.15) is 0 Å². The molecule has 0 aromatic carbocycles. The second kappa shape index (κ2) is 10.3. The Kier molecular flexibility index (Phi) is 8.02. The molecule has 25 heavy (non-hydrogen) atoms. The van der Waals surface area contributed by atoms with E-state index in [1.54, 1.807) is 0 Å². The second-order valence-corrected chi connectivity index (χ2v) is 7.31. The van der Waals surface area contributed by atoms with Crippen molar-refractivity contribution in [3.63, 3.8) is 0 Å². The molecule has 2 rings (SSSR count). The molecule has 0 bridgehead atoms. The lowest BCUT2D eigenvalue weighted by Gasteiger charge is -2.20. The third-order valence-corrected chi connectivity index (χ3v) is 4.66. The molecule has 0 aliphatic heterocycles. The van der Waals surface area contributed by atoms with E-state index in [2.05, 4.69) is 13.8 Å². The Morgan fingerprint density at radius 2 is 2.04 bits per heavy atom. The summed E-state index contributed by atoms with van der Waals surface area (Å²) in [5.41, 5.74) is -0.247. The SMILES string of the molecule is CC(C)CCOc1coc(COC(=O)CCC2CCCCC2)cc1=O. The van der Waals surface area contributed by atoms with Crippen LogP contribution >= 0.6 is 0 Å². The van der Waals surface area contributed by atoms with E-state index in [4.69, 9.17) is 13.9 Å². The van der Waals surface area contributed by atoms with Crippen LogP contribution in [0, 0.1) is 11.8 Å². The predicted molar refractivity (Wildman–Crippen MR) is 95.5 cm³/mol. The lowest BCUT2D eigenvalue weighted by molar-refractivity contribution is -0.145. The van der Waals surface area contributed by atoms with Crippen LogP contribution in [0.3, 0.4) is 0 Å². The minimum atomic E-state index is -0.247. The van der Waals surface area contributed by atoms with Crippen molar-refractivity contribution >= 4 is 5.97 Å². The number of carbonyl (C=O) groups is 1. The highest BCUT2D eigenvalue weighted by molar-refractivity contribution is 5.69. The first kappa shape index (κ1) is 19.5. The second-order valence-electron chi connectivity index (χ2n) is 7.31. The summed E-state index contributed by atoms with van der Waals surface area (Å²) in [7, 11) is 0. The Bertz CT molecular complexity index is 584. The van der Waals surface area contributed by atoms with Crippen molar-refractivity contribution in [2.24, 2.45) is 11.8 Å². The lowest BCUT2D eigenvalue weighted by atomic mass is 9.86. The van der Waals surface area contributed by atoms with Crippen LogP contribution in [0.1, 0.15) is 71.0 Å². The van der Waals surface area contributed by atoms with E-state index in [-0.39, 0.29) is 23.8 Å². The molecule has 140 valence electrons. The van der Waals surface area contributed by atoms with E-state index in [1.165, 1.54) is 44.4 Å². The van der Waals surface area contributed by atoms with Gasteiger partial charge >= 0.3 is 5.97 Å². The molecule has 5 heteroatoms. The van der Waals surface area contributed by atoms with Crippen LogP contribution in [0.2, 0.25) is 0 Å². The molecule has 1 aliphatic rings. The van der Waals surface area contributed by atoms with Crippen LogP contribution in [-0.2, 0) is 16.1 Å². The molecule has 0 atom stereocenters. The largest absolute Gasteiger partial charge is 0.487 e. The quantitative estimate of drug-likeness (QED) is 0.615. The summed E-state index contributed by atoms with van der Waals surface area (Å²) >= 11 is 0. The van der Waals surface area contributed by atoms with Crippen LogP contribution in [0.25, 0.3) is 0 Å².